The fourth-order valence-corrected chi connectivity index (χ4v) is 4.73. The lowest BCUT2D eigenvalue weighted by molar-refractivity contribution is -0.130. The summed E-state index contributed by atoms with van der Waals surface area (Å²) in [7, 11) is 0. The largest absolute Gasteiger partial charge is 0.360 e. The third kappa shape index (κ3) is 6.46. The zero-order valence-electron chi connectivity index (χ0n) is 16.9. The number of amides is 1. The lowest BCUT2D eigenvalue weighted by Crippen LogP contribution is -2.48. The van der Waals surface area contributed by atoms with Gasteiger partial charge in [-0.05, 0) is 18.4 Å². The summed E-state index contributed by atoms with van der Waals surface area (Å²) in [6, 6.07) is 8.64. The standard InChI is InChI=1S/C20H29N5OS2/c1-15(2)12-21-19-22-23-20(28-19)27-14-18(26)25-9-7-24(8-10-25)13-17-6-4-5-16(3)11-17/h4-6,11,15H,7-10,12-14H2,1-3H3,(H,21,22). The average Bonchev–Trinajstić information content (AvgIpc) is 3.13. The second-order valence-corrected chi connectivity index (χ2v) is 9.78. The van der Waals surface area contributed by atoms with Crippen LogP contribution in [-0.4, -0.2) is 64.4 Å². The molecule has 2 aromatic rings. The molecule has 1 fully saturated rings. The molecule has 2 heterocycles. The third-order valence-electron chi connectivity index (χ3n) is 4.60. The molecule has 1 aromatic carbocycles. The molecule has 0 spiro atoms. The van der Waals surface area contributed by atoms with Gasteiger partial charge in [-0.25, -0.2) is 0 Å². The predicted molar refractivity (Wildman–Crippen MR) is 117 cm³/mol. The topological polar surface area (TPSA) is 61.4 Å². The number of carbonyl (C=O) groups is 1. The minimum Gasteiger partial charge on any atom is -0.360 e. The molecule has 0 radical (unpaired) electrons. The fraction of sp³-hybridized carbons (Fsp3) is 0.550. The van der Waals surface area contributed by atoms with E-state index in [-0.39, 0.29) is 5.91 Å². The molecule has 0 saturated carbocycles. The van der Waals surface area contributed by atoms with Gasteiger partial charge in [-0.3, -0.25) is 9.69 Å². The van der Waals surface area contributed by atoms with Gasteiger partial charge in [0, 0.05) is 39.3 Å². The number of nitrogens with zero attached hydrogens (tertiary/aromatic N) is 4. The normalized spacial score (nSPS) is 15.2. The quantitative estimate of drug-likeness (QED) is 0.662. The van der Waals surface area contributed by atoms with Crippen molar-refractivity contribution >= 4 is 34.1 Å². The number of hydrogen-bond donors (Lipinski definition) is 1. The number of nitrogens with one attached hydrogen (secondary N) is 1. The summed E-state index contributed by atoms with van der Waals surface area (Å²) in [6.07, 6.45) is 0. The summed E-state index contributed by atoms with van der Waals surface area (Å²) in [4.78, 5) is 16.9. The second kappa shape index (κ2) is 10.2. The van der Waals surface area contributed by atoms with Crippen LogP contribution in [0.25, 0.3) is 0 Å². The molecule has 1 aliphatic heterocycles. The van der Waals surface area contributed by atoms with Crippen molar-refractivity contribution in [2.45, 2.75) is 31.7 Å². The lowest BCUT2D eigenvalue weighted by Gasteiger charge is -2.34. The van der Waals surface area contributed by atoms with E-state index in [1.165, 1.54) is 34.2 Å². The van der Waals surface area contributed by atoms with Crippen LogP contribution in [0.2, 0.25) is 0 Å². The molecular weight excluding hydrogens is 390 g/mol. The first-order valence-corrected chi connectivity index (χ1v) is 11.6. The summed E-state index contributed by atoms with van der Waals surface area (Å²) in [5, 5.41) is 12.4. The zero-order valence-corrected chi connectivity index (χ0v) is 18.5. The predicted octanol–water partition coefficient (Wildman–Crippen LogP) is 3.35. The van der Waals surface area contributed by atoms with Gasteiger partial charge in [-0.15, -0.1) is 10.2 Å². The van der Waals surface area contributed by atoms with Gasteiger partial charge in [0.25, 0.3) is 0 Å². The van der Waals surface area contributed by atoms with E-state index in [4.69, 9.17) is 0 Å². The molecule has 8 heteroatoms. The molecule has 0 aliphatic carbocycles. The number of aromatic nitrogens is 2. The summed E-state index contributed by atoms with van der Waals surface area (Å²) in [6.45, 7) is 11.7. The average molecular weight is 420 g/mol. The zero-order chi connectivity index (χ0) is 19.9. The van der Waals surface area contributed by atoms with Gasteiger partial charge in [0.05, 0.1) is 5.75 Å². The molecule has 3 rings (SSSR count). The molecule has 1 aromatic heterocycles. The fourth-order valence-electron chi connectivity index (χ4n) is 3.07. The highest BCUT2D eigenvalue weighted by Crippen LogP contribution is 2.26. The number of piperazine rings is 1. The van der Waals surface area contributed by atoms with E-state index in [2.05, 4.69) is 65.5 Å². The van der Waals surface area contributed by atoms with Gasteiger partial charge in [0.15, 0.2) is 4.34 Å². The molecule has 152 valence electrons. The van der Waals surface area contributed by atoms with Crippen molar-refractivity contribution < 1.29 is 4.79 Å². The Morgan fingerprint density at radius 1 is 1.25 bits per heavy atom. The Labute approximate surface area is 175 Å². The van der Waals surface area contributed by atoms with Crippen LogP contribution in [0.1, 0.15) is 25.0 Å². The number of benzene rings is 1. The van der Waals surface area contributed by atoms with Gasteiger partial charge >= 0.3 is 0 Å². The highest BCUT2D eigenvalue weighted by molar-refractivity contribution is 8.01. The van der Waals surface area contributed by atoms with Gasteiger partial charge < -0.3 is 10.2 Å². The molecular formula is C20H29N5OS2. The molecule has 0 atom stereocenters. The molecule has 6 nitrogen and oxygen atoms in total. The maximum atomic E-state index is 12.5. The number of hydrogen-bond acceptors (Lipinski definition) is 7. The Hall–Kier alpha value is -1.64. The van der Waals surface area contributed by atoms with Crippen molar-refractivity contribution in [2.75, 3.05) is 43.8 Å². The van der Waals surface area contributed by atoms with E-state index in [0.717, 1.165) is 48.7 Å². The van der Waals surface area contributed by atoms with E-state index < -0.39 is 0 Å². The maximum Gasteiger partial charge on any atom is 0.233 e. The van der Waals surface area contributed by atoms with E-state index in [0.29, 0.717) is 11.7 Å². The van der Waals surface area contributed by atoms with Crippen LogP contribution in [0, 0.1) is 12.8 Å². The van der Waals surface area contributed by atoms with Gasteiger partial charge in [0.1, 0.15) is 0 Å². The van der Waals surface area contributed by atoms with E-state index in [1.807, 2.05) is 4.90 Å². The Bertz CT molecular complexity index is 771. The van der Waals surface area contributed by atoms with E-state index in [1.54, 1.807) is 0 Å². The van der Waals surface area contributed by atoms with Crippen molar-refractivity contribution in [1.29, 1.82) is 0 Å². The first-order chi connectivity index (χ1) is 13.5. The molecule has 28 heavy (non-hydrogen) atoms. The number of thioether (sulfide) groups is 1. The van der Waals surface area contributed by atoms with Crippen LogP contribution < -0.4 is 5.32 Å². The summed E-state index contributed by atoms with van der Waals surface area (Å²) < 4.78 is 0.845. The molecule has 1 amide bonds. The van der Waals surface area contributed by atoms with Crippen LogP contribution in [-0.2, 0) is 11.3 Å². The third-order valence-corrected chi connectivity index (χ3v) is 6.60. The van der Waals surface area contributed by atoms with Crippen molar-refractivity contribution in [2.24, 2.45) is 5.92 Å². The van der Waals surface area contributed by atoms with Crippen LogP contribution in [0.3, 0.4) is 0 Å². The summed E-state index contributed by atoms with van der Waals surface area (Å²) in [5.74, 6) is 1.18. The Morgan fingerprint density at radius 3 is 2.75 bits per heavy atom. The monoisotopic (exact) mass is 419 g/mol. The molecule has 0 unspecified atom stereocenters. The lowest BCUT2D eigenvalue weighted by atomic mass is 10.1. The van der Waals surface area contributed by atoms with E-state index in [9.17, 15) is 4.79 Å². The highest BCUT2D eigenvalue weighted by atomic mass is 32.2. The van der Waals surface area contributed by atoms with Crippen LogP contribution >= 0.6 is 23.1 Å². The SMILES string of the molecule is Cc1cccc(CN2CCN(C(=O)CSc3nnc(NCC(C)C)s3)CC2)c1. The number of carbonyl (C=O) groups excluding carboxylic acids is 1. The first kappa shape index (κ1) is 21.1. The van der Waals surface area contributed by atoms with Gasteiger partial charge in [-0.1, -0.05) is 66.8 Å². The summed E-state index contributed by atoms with van der Waals surface area (Å²) >= 11 is 3.00. The van der Waals surface area contributed by atoms with Gasteiger partial charge in [0.2, 0.25) is 11.0 Å². The molecule has 1 N–H and O–H groups in total. The Morgan fingerprint density at radius 2 is 2.04 bits per heavy atom. The van der Waals surface area contributed by atoms with Crippen molar-refractivity contribution in [3.05, 3.63) is 35.4 Å². The number of rotatable bonds is 8. The summed E-state index contributed by atoms with van der Waals surface area (Å²) in [5.41, 5.74) is 2.64. The van der Waals surface area contributed by atoms with E-state index >= 15 is 0 Å². The highest BCUT2D eigenvalue weighted by Gasteiger charge is 2.21. The maximum absolute atomic E-state index is 12.5. The molecule has 1 aliphatic rings. The second-order valence-electron chi connectivity index (χ2n) is 7.58. The minimum absolute atomic E-state index is 0.187. The number of aryl methyl sites for hydroxylation is 1. The van der Waals surface area contributed by atoms with Crippen LogP contribution in [0.15, 0.2) is 28.6 Å². The smallest absolute Gasteiger partial charge is 0.233 e. The van der Waals surface area contributed by atoms with Crippen LogP contribution in [0.5, 0.6) is 0 Å². The van der Waals surface area contributed by atoms with Gasteiger partial charge in [-0.2, -0.15) is 0 Å². The van der Waals surface area contributed by atoms with Crippen molar-refractivity contribution in [3.8, 4) is 0 Å². The molecule has 0 bridgehead atoms. The Balaban J connectivity index is 1.39. The van der Waals surface area contributed by atoms with Crippen LogP contribution in [0.4, 0.5) is 5.13 Å². The molecule has 1 saturated heterocycles. The first-order valence-electron chi connectivity index (χ1n) is 9.75. The Kier molecular flexibility index (Phi) is 7.70. The van der Waals surface area contributed by atoms with Crippen molar-refractivity contribution in [3.63, 3.8) is 0 Å². The number of anilines is 1. The minimum atomic E-state index is 0.187. The van der Waals surface area contributed by atoms with Crippen molar-refractivity contribution in [1.82, 2.24) is 20.0 Å².